The van der Waals surface area contributed by atoms with Crippen LogP contribution in [0.1, 0.15) is 16.1 Å². The second-order valence-electron chi connectivity index (χ2n) is 3.87. The summed E-state index contributed by atoms with van der Waals surface area (Å²) in [4.78, 5) is 12.1. The van der Waals surface area contributed by atoms with Gasteiger partial charge < -0.3 is 5.32 Å². The van der Waals surface area contributed by atoms with Crippen LogP contribution in [0.3, 0.4) is 0 Å². The molecule has 1 aromatic heterocycles. The van der Waals surface area contributed by atoms with E-state index in [2.05, 4.69) is 26.3 Å². The van der Waals surface area contributed by atoms with Gasteiger partial charge in [0.15, 0.2) is 0 Å². The topological polar surface area (TPSA) is 46.9 Å². The Morgan fingerprint density at radius 2 is 2.17 bits per heavy atom. The van der Waals surface area contributed by atoms with Crippen molar-refractivity contribution < 1.29 is 4.79 Å². The van der Waals surface area contributed by atoms with Gasteiger partial charge in [-0.3, -0.25) is 9.48 Å². The van der Waals surface area contributed by atoms with Crippen molar-refractivity contribution in [3.63, 3.8) is 0 Å². The number of carbonyl (C=O) groups is 1. The lowest BCUT2D eigenvalue weighted by Gasteiger charge is -2.07. The van der Waals surface area contributed by atoms with Crippen LogP contribution < -0.4 is 5.32 Å². The lowest BCUT2D eigenvalue weighted by atomic mass is 10.2. The van der Waals surface area contributed by atoms with Crippen LogP contribution in [0, 0.1) is 6.92 Å². The third-order valence-electron chi connectivity index (χ3n) is 2.42. The van der Waals surface area contributed by atoms with Gasteiger partial charge in [-0.05, 0) is 25.1 Å². The zero-order chi connectivity index (χ0) is 13.3. The Bertz CT molecular complexity index is 609. The van der Waals surface area contributed by atoms with E-state index in [4.69, 9.17) is 11.6 Å². The largest absolute Gasteiger partial charge is 0.307 e. The van der Waals surface area contributed by atoms with Crippen LogP contribution in [0.4, 0.5) is 5.82 Å². The molecule has 0 aliphatic rings. The molecule has 0 spiro atoms. The second-order valence-corrected chi connectivity index (χ2v) is 5.20. The first-order chi connectivity index (χ1) is 8.47. The molecule has 0 atom stereocenters. The number of nitrogens with zero attached hydrogens (tertiary/aromatic N) is 2. The number of hydrogen-bond acceptors (Lipinski definition) is 2. The molecule has 0 saturated heterocycles. The summed E-state index contributed by atoms with van der Waals surface area (Å²) in [5.74, 6) is 0.373. The van der Waals surface area contributed by atoms with Crippen LogP contribution in [-0.2, 0) is 7.05 Å². The standard InChI is InChI=1S/C12H11BrClN3O/c1-7-5-11(17(2)16-7)15-12(18)9-6-8(13)3-4-10(9)14/h3-6H,1-2H3,(H,15,18). The molecule has 6 heteroatoms. The minimum absolute atomic E-state index is 0.260. The molecule has 2 aromatic rings. The van der Waals surface area contributed by atoms with E-state index < -0.39 is 0 Å². The molecule has 18 heavy (non-hydrogen) atoms. The number of benzene rings is 1. The van der Waals surface area contributed by atoms with Crippen molar-refractivity contribution in [3.8, 4) is 0 Å². The number of aryl methyl sites for hydroxylation is 2. The van der Waals surface area contributed by atoms with Crippen LogP contribution in [0.15, 0.2) is 28.7 Å². The van der Waals surface area contributed by atoms with Crippen molar-refractivity contribution in [3.05, 3.63) is 45.0 Å². The summed E-state index contributed by atoms with van der Waals surface area (Å²) in [5.41, 5.74) is 1.26. The average molecular weight is 329 g/mol. The number of anilines is 1. The van der Waals surface area contributed by atoms with E-state index >= 15 is 0 Å². The number of aromatic nitrogens is 2. The highest BCUT2D eigenvalue weighted by atomic mass is 79.9. The Morgan fingerprint density at radius 1 is 1.44 bits per heavy atom. The molecule has 0 unspecified atom stereocenters. The number of amides is 1. The molecular formula is C12H11BrClN3O. The summed E-state index contributed by atoms with van der Waals surface area (Å²) in [6.45, 7) is 1.86. The third kappa shape index (κ3) is 2.73. The Balaban J connectivity index is 2.27. The van der Waals surface area contributed by atoms with Crippen LogP contribution in [-0.4, -0.2) is 15.7 Å². The maximum atomic E-state index is 12.1. The van der Waals surface area contributed by atoms with Gasteiger partial charge in [0.25, 0.3) is 5.91 Å². The first kappa shape index (κ1) is 13.1. The van der Waals surface area contributed by atoms with E-state index in [0.717, 1.165) is 10.2 Å². The Labute approximate surface area is 118 Å². The highest BCUT2D eigenvalue weighted by Gasteiger charge is 2.13. The van der Waals surface area contributed by atoms with Crippen molar-refractivity contribution in [1.29, 1.82) is 0 Å². The van der Waals surface area contributed by atoms with Gasteiger partial charge in [0.2, 0.25) is 0 Å². The van der Waals surface area contributed by atoms with E-state index in [0.29, 0.717) is 16.4 Å². The van der Waals surface area contributed by atoms with Crippen LogP contribution in [0.2, 0.25) is 5.02 Å². The molecule has 0 fully saturated rings. The van der Waals surface area contributed by atoms with Gasteiger partial charge in [-0.1, -0.05) is 27.5 Å². The van der Waals surface area contributed by atoms with Crippen LogP contribution >= 0.6 is 27.5 Å². The number of rotatable bonds is 2. The Kier molecular flexibility index (Phi) is 3.73. The number of hydrogen-bond donors (Lipinski definition) is 1. The van der Waals surface area contributed by atoms with Gasteiger partial charge in [-0.25, -0.2) is 0 Å². The predicted octanol–water partition coefficient (Wildman–Crippen LogP) is 3.40. The van der Waals surface area contributed by atoms with Crippen molar-refractivity contribution >= 4 is 39.3 Å². The number of carbonyl (C=O) groups excluding carboxylic acids is 1. The van der Waals surface area contributed by atoms with Gasteiger partial charge in [0.05, 0.1) is 16.3 Å². The average Bonchev–Trinajstić information content (AvgIpc) is 2.61. The maximum Gasteiger partial charge on any atom is 0.258 e. The minimum Gasteiger partial charge on any atom is -0.307 e. The van der Waals surface area contributed by atoms with E-state index in [-0.39, 0.29) is 5.91 Å². The molecule has 94 valence electrons. The first-order valence-corrected chi connectivity index (χ1v) is 6.41. The first-order valence-electron chi connectivity index (χ1n) is 5.24. The van der Waals surface area contributed by atoms with Gasteiger partial charge in [-0.2, -0.15) is 5.10 Å². The lowest BCUT2D eigenvalue weighted by molar-refractivity contribution is 0.102. The summed E-state index contributed by atoms with van der Waals surface area (Å²) >= 11 is 9.31. The minimum atomic E-state index is -0.260. The molecule has 0 saturated carbocycles. The molecule has 0 radical (unpaired) electrons. The van der Waals surface area contributed by atoms with Gasteiger partial charge in [0, 0.05) is 17.6 Å². The maximum absolute atomic E-state index is 12.1. The van der Waals surface area contributed by atoms with Crippen LogP contribution in [0.25, 0.3) is 0 Å². The molecular weight excluding hydrogens is 318 g/mol. The Morgan fingerprint density at radius 3 is 2.78 bits per heavy atom. The summed E-state index contributed by atoms with van der Waals surface area (Å²) < 4.78 is 2.41. The SMILES string of the molecule is Cc1cc(NC(=O)c2cc(Br)ccc2Cl)n(C)n1. The van der Waals surface area contributed by atoms with Crippen LogP contribution in [0.5, 0.6) is 0 Å². The fourth-order valence-corrected chi connectivity index (χ4v) is 2.15. The summed E-state index contributed by atoms with van der Waals surface area (Å²) in [6.07, 6.45) is 0. The number of halogens is 2. The normalized spacial score (nSPS) is 10.4. The quantitative estimate of drug-likeness (QED) is 0.918. The van der Waals surface area contributed by atoms with E-state index in [9.17, 15) is 4.79 Å². The van der Waals surface area contributed by atoms with Gasteiger partial charge in [0.1, 0.15) is 5.82 Å². The predicted molar refractivity (Wildman–Crippen MR) is 75.1 cm³/mol. The van der Waals surface area contributed by atoms with E-state index in [1.54, 1.807) is 36.0 Å². The smallest absolute Gasteiger partial charge is 0.258 e. The van der Waals surface area contributed by atoms with Gasteiger partial charge in [-0.15, -0.1) is 0 Å². The molecule has 1 N–H and O–H groups in total. The molecule has 0 bridgehead atoms. The molecule has 2 rings (SSSR count). The zero-order valence-electron chi connectivity index (χ0n) is 9.87. The molecule has 4 nitrogen and oxygen atoms in total. The third-order valence-corrected chi connectivity index (χ3v) is 3.24. The van der Waals surface area contributed by atoms with Gasteiger partial charge >= 0.3 is 0 Å². The molecule has 0 aliphatic heterocycles. The summed E-state index contributed by atoms with van der Waals surface area (Å²) in [6, 6.07) is 6.94. The molecule has 0 aliphatic carbocycles. The van der Waals surface area contributed by atoms with Crippen molar-refractivity contribution in [2.45, 2.75) is 6.92 Å². The lowest BCUT2D eigenvalue weighted by Crippen LogP contribution is -2.15. The van der Waals surface area contributed by atoms with E-state index in [1.807, 2.05) is 6.92 Å². The van der Waals surface area contributed by atoms with Crippen molar-refractivity contribution in [1.82, 2.24) is 9.78 Å². The van der Waals surface area contributed by atoms with Crippen molar-refractivity contribution in [2.75, 3.05) is 5.32 Å². The summed E-state index contributed by atoms with van der Waals surface area (Å²) in [5, 5.41) is 7.34. The zero-order valence-corrected chi connectivity index (χ0v) is 12.2. The highest BCUT2D eigenvalue weighted by molar-refractivity contribution is 9.10. The second kappa shape index (κ2) is 5.12. The molecule has 1 aromatic carbocycles. The fraction of sp³-hybridized carbons (Fsp3) is 0.167. The summed E-state index contributed by atoms with van der Waals surface area (Å²) in [7, 11) is 1.77. The monoisotopic (exact) mass is 327 g/mol. The Hall–Kier alpha value is -1.33. The highest BCUT2D eigenvalue weighted by Crippen LogP contribution is 2.22. The number of nitrogens with one attached hydrogen (secondary N) is 1. The van der Waals surface area contributed by atoms with E-state index in [1.165, 1.54) is 0 Å². The van der Waals surface area contributed by atoms with Crippen molar-refractivity contribution in [2.24, 2.45) is 7.05 Å². The molecule has 1 amide bonds. The fourth-order valence-electron chi connectivity index (χ4n) is 1.58. The molecule has 1 heterocycles.